The number of hydrogen-bond donors (Lipinski definition) is 1. The van der Waals surface area contributed by atoms with E-state index in [0.717, 1.165) is 30.8 Å². The van der Waals surface area contributed by atoms with E-state index in [-0.39, 0.29) is 11.9 Å². The highest BCUT2D eigenvalue weighted by Gasteiger charge is 2.24. The van der Waals surface area contributed by atoms with Crippen LogP contribution in [0.5, 0.6) is 0 Å². The number of benzene rings is 1. The first-order valence-electron chi connectivity index (χ1n) is 6.95. The minimum atomic E-state index is 0.158. The fourth-order valence-electron chi connectivity index (χ4n) is 2.63. The third-order valence-electron chi connectivity index (χ3n) is 3.69. The van der Waals surface area contributed by atoms with Crippen LogP contribution in [0.25, 0.3) is 0 Å². The average molecular weight is 261 g/mol. The van der Waals surface area contributed by atoms with E-state index in [9.17, 15) is 4.79 Å². The molecule has 104 valence electrons. The first kappa shape index (κ1) is 14.0. The molecule has 1 aromatic rings. The zero-order chi connectivity index (χ0) is 13.8. The number of nitrogens with zero attached hydrogens (tertiary/aromatic N) is 2. The maximum absolute atomic E-state index is 12.4. The molecule has 2 N–H and O–H groups in total. The SMILES string of the molecule is CCN(C(=O)CN1CC[C@@H](N)C1)c1ccccc1C. The van der Waals surface area contributed by atoms with E-state index in [1.807, 2.05) is 43.0 Å². The number of likely N-dealkylation sites (tertiary alicyclic amines) is 1. The van der Waals surface area contributed by atoms with Gasteiger partial charge >= 0.3 is 0 Å². The van der Waals surface area contributed by atoms with Crippen molar-refractivity contribution >= 4 is 11.6 Å². The fraction of sp³-hybridized carbons (Fsp3) is 0.533. The van der Waals surface area contributed by atoms with Crippen LogP contribution >= 0.6 is 0 Å². The maximum atomic E-state index is 12.4. The molecule has 1 amide bonds. The Hall–Kier alpha value is -1.39. The van der Waals surface area contributed by atoms with Crippen LogP contribution in [-0.4, -0.2) is 43.0 Å². The molecular formula is C15H23N3O. The molecule has 0 radical (unpaired) electrons. The lowest BCUT2D eigenvalue weighted by Crippen LogP contribution is -2.40. The van der Waals surface area contributed by atoms with Gasteiger partial charge in [0.15, 0.2) is 0 Å². The van der Waals surface area contributed by atoms with Crippen molar-refractivity contribution < 1.29 is 4.79 Å². The van der Waals surface area contributed by atoms with E-state index in [0.29, 0.717) is 13.1 Å². The molecule has 0 bridgehead atoms. The van der Waals surface area contributed by atoms with Gasteiger partial charge < -0.3 is 10.6 Å². The summed E-state index contributed by atoms with van der Waals surface area (Å²) >= 11 is 0. The quantitative estimate of drug-likeness (QED) is 0.891. The lowest BCUT2D eigenvalue weighted by atomic mass is 10.2. The molecule has 4 heteroatoms. The topological polar surface area (TPSA) is 49.6 Å². The Labute approximate surface area is 115 Å². The molecule has 1 atom stereocenters. The van der Waals surface area contributed by atoms with Gasteiger partial charge in [0.25, 0.3) is 0 Å². The molecular weight excluding hydrogens is 238 g/mol. The monoisotopic (exact) mass is 261 g/mol. The maximum Gasteiger partial charge on any atom is 0.241 e. The van der Waals surface area contributed by atoms with Gasteiger partial charge in [-0.05, 0) is 31.9 Å². The summed E-state index contributed by atoms with van der Waals surface area (Å²) in [4.78, 5) is 16.4. The Balaban J connectivity index is 2.05. The number of nitrogens with two attached hydrogens (primary N) is 1. The predicted molar refractivity (Wildman–Crippen MR) is 78.2 cm³/mol. The van der Waals surface area contributed by atoms with Gasteiger partial charge in [0.1, 0.15) is 0 Å². The summed E-state index contributed by atoms with van der Waals surface area (Å²) in [7, 11) is 0. The molecule has 1 aromatic carbocycles. The minimum Gasteiger partial charge on any atom is -0.326 e. The smallest absolute Gasteiger partial charge is 0.241 e. The molecule has 19 heavy (non-hydrogen) atoms. The third kappa shape index (κ3) is 3.33. The van der Waals surface area contributed by atoms with Crippen molar-refractivity contribution in [2.75, 3.05) is 31.1 Å². The number of para-hydroxylation sites is 1. The van der Waals surface area contributed by atoms with E-state index in [2.05, 4.69) is 4.90 Å². The van der Waals surface area contributed by atoms with E-state index in [1.165, 1.54) is 0 Å². The number of carbonyl (C=O) groups excluding carboxylic acids is 1. The predicted octanol–water partition coefficient (Wildman–Crippen LogP) is 1.38. The molecule has 1 heterocycles. The van der Waals surface area contributed by atoms with Gasteiger partial charge in [-0.2, -0.15) is 0 Å². The highest BCUT2D eigenvalue weighted by atomic mass is 16.2. The van der Waals surface area contributed by atoms with Gasteiger partial charge in [-0.1, -0.05) is 18.2 Å². The molecule has 1 aliphatic heterocycles. The van der Waals surface area contributed by atoms with Crippen molar-refractivity contribution in [2.24, 2.45) is 5.73 Å². The van der Waals surface area contributed by atoms with Crippen LogP contribution in [0, 0.1) is 6.92 Å². The Bertz CT molecular complexity index is 447. The van der Waals surface area contributed by atoms with E-state index in [1.54, 1.807) is 0 Å². The van der Waals surface area contributed by atoms with E-state index in [4.69, 9.17) is 5.73 Å². The van der Waals surface area contributed by atoms with Crippen molar-refractivity contribution in [3.8, 4) is 0 Å². The largest absolute Gasteiger partial charge is 0.326 e. The van der Waals surface area contributed by atoms with Crippen LogP contribution in [0.2, 0.25) is 0 Å². The normalized spacial score (nSPS) is 19.6. The van der Waals surface area contributed by atoms with E-state index >= 15 is 0 Å². The number of hydrogen-bond acceptors (Lipinski definition) is 3. The van der Waals surface area contributed by atoms with Gasteiger partial charge in [0.2, 0.25) is 5.91 Å². The Morgan fingerprint density at radius 3 is 2.79 bits per heavy atom. The fourth-order valence-corrected chi connectivity index (χ4v) is 2.63. The van der Waals surface area contributed by atoms with Crippen molar-refractivity contribution in [1.82, 2.24) is 4.90 Å². The first-order chi connectivity index (χ1) is 9.11. The lowest BCUT2D eigenvalue weighted by molar-refractivity contribution is -0.119. The molecule has 2 rings (SSSR count). The summed E-state index contributed by atoms with van der Waals surface area (Å²) < 4.78 is 0. The number of rotatable bonds is 4. The van der Waals surface area contributed by atoms with Crippen LogP contribution < -0.4 is 10.6 Å². The summed E-state index contributed by atoms with van der Waals surface area (Å²) in [5.74, 6) is 0.158. The summed E-state index contributed by atoms with van der Waals surface area (Å²) in [6.45, 7) is 6.98. The highest BCUT2D eigenvalue weighted by Crippen LogP contribution is 2.20. The van der Waals surface area contributed by atoms with Crippen LogP contribution in [0.1, 0.15) is 18.9 Å². The second-order valence-corrected chi connectivity index (χ2v) is 5.21. The first-order valence-corrected chi connectivity index (χ1v) is 6.95. The van der Waals surface area contributed by atoms with Gasteiger partial charge in [-0.25, -0.2) is 0 Å². The summed E-state index contributed by atoms with van der Waals surface area (Å²) in [6.07, 6.45) is 0.990. The third-order valence-corrected chi connectivity index (χ3v) is 3.69. The molecule has 0 spiro atoms. The Morgan fingerprint density at radius 1 is 1.47 bits per heavy atom. The Kier molecular flexibility index (Phi) is 4.56. The second-order valence-electron chi connectivity index (χ2n) is 5.21. The molecule has 0 saturated carbocycles. The number of anilines is 1. The Morgan fingerprint density at radius 2 is 2.21 bits per heavy atom. The molecule has 0 aromatic heterocycles. The van der Waals surface area contributed by atoms with Crippen molar-refractivity contribution in [1.29, 1.82) is 0 Å². The number of amides is 1. The second kappa shape index (κ2) is 6.17. The molecule has 0 aliphatic carbocycles. The number of carbonyl (C=O) groups is 1. The van der Waals surface area contributed by atoms with Crippen LogP contribution in [-0.2, 0) is 4.79 Å². The average Bonchev–Trinajstić information content (AvgIpc) is 2.78. The van der Waals surface area contributed by atoms with Crippen LogP contribution in [0.4, 0.5) is 5.69 Å². The molecule has 1 fully saturated rings. The number of aryl methyl sites for hydroxylation is 1. The van der Waals surface area contributed by atoms with Crippen LogP contribution in [0.15, 0.2) is 24.3 Å². The molecule has 0 unspecified atom stereocenters. The lowest BCUT2D eigenvalue weighted by Gasteiger charge is -2.25. The highest BCUT2D eigenvalue weighted by molar-refractivity contribution is 5.95. The van der Waals surface area contributed by atoms with Crippen molar-refractivity contribution in [3.05, 3.63) is 29.8 Å². The standard InChI is InChI=1S/C15H23N3O/c1-3-18(14-7-5-4-6-12(14)2)15(19)11-17-9-8-13(16)10-17/h4-7,13H,3,8-11,16H2,1-2H3/t13-/m1/s1. The summed E-state index contributed by atoms with van der Waals surface area (Å²) in [5, 5.41) is 0. The molecule has 1 aliphatic rings. The van der Waals surface area contributed by atoms with Crippen molar-refractivity contribution in [2.45, 2.75) is 26.3 Å². The van der Waals surface area contributed by atoms with Gasteiger partial charge in [0, 0.05) is 31.4 Å². The minimum absolute atomic E-state index is 0.158. The van der Waals surface area contributed by atoms with Crippen LogP contribution in [0.3, 0.4) is 0 Å². The van der Waals surface area contributed by atoms with E-state index < -0.39 is 0 Å². The van der Waals surface area contributed by atoms with Gasteiger partial charge in [-0.3, -0.25) is 9.69 Å². The van der Waals surface area contributed by atoms with Gasteiger partial charge in [-0.15, -0.1) is 0 Å². The number of likely N-dealkylation sites (N-methyl/N-ethyl adjacent to an activating group) is 1. The zero-order valence-corrected chi connectivity index (χ0v) is 11.8. The zero-order valence-electron chi connectivity index (χ0n) is 11.8. The van der Waals surface area contributed by atoms with Crippen molar-refractivity contribution in [3.63, 3.8) is 0 Å². The summed E-state index contributed by atoms with van der Waals surface area (Å²) in [5.41, 5.74) is 8.03. The molecule has 1 saturated heterocycles. The summed E-state index contributed by atoms with van der Waals surface area (Å²) in [6, 6.07) is 8.24. The van der Waals surface area contributed by atoms with Gasteiger partial charge in [0.05, 0.1) is 6.54 Å². The molecule has 4 nitrogen and oxygen atoms in total.